The second-order valence-electron chi connectivity index (χ2n) is 5.56. The van der Waals surface area contributed by atoms with Crippen LogP contribution in [0.4, 0.5) is 5.69 Å². The maximum absolute atomic E-state index is 12.2. The molecule has 0 spiro atoms. The van der Waals surface area contributed by atoms with E-state index in [2.05, 4.69) is 5.32 Å². The number of carbonyl (C=O) groups is 2. The number of hydrogen-bond acceptors (Lipinski definition) is 4. The Hall–Kier alpha value is -2.82. The lowest BCUT2D eigenvalue weighted by molar-refractivity contribution is -0.123. The summed E-state index contributed by atoms with van der Waals surface area (Å²) < 4.78 is 10.5. The fraction of sp³-hybridized carbons (Fsp3) is 0.263. The van der Waals surface area contributed by atoms with E-state index in [1.807, 2.05) is 26.0 Å². The molecule has 0 fully saturated rings. The number of ether oxygens (including phenoxy) is 2. The third-order valence-corrected chi connectivity index (χ3v) is 3.62. The van der Waals surface area contributed by atoms with Gasteiger partial charge in [0.1, 0.15) is 5.75 Å². The molecule has 5 heteroatoms. The number of anilines is 1. The number of nitrogens with one attached hydrogen (secondary N) is 1. The van der Waals surface area contributed by atoms with Gasteiger partial charge in [-0.15, -0.1) is 0 Å². The van der Waals surface area contributed by atoms with Crippen molar-refractivity contribution in [2.24, 2.45) is 0 Å². The zero-order valence-corrected chi connectivity index (χ0v) is 14.3. The first-order chi connectivity index (χ1) is 11.4. The highest BCUT2D eigenvalue weighted by Crippen LogP contribution is 2.23. The second kappa shape index (κ2) is 7.64. The summed E-state index contributed by atoms with van der Waals surface area (Å²) in [5.41, 5.74) is 2.86. The molecule has 2 aromatic carbocycles. The van der Waals surface area contributed by atoms with Gasteiger partial charge in [0.2, 0.25) is 0 Å². The number of carbonyl (C=O) groups excluding carboxylic acids is 2. The summed E-state index contributed by atoms with van der Waals surface area (Å²) in [6, 6.07) is 12.5. The molecule has 0 heterocycles. The lowest BCUT2D eigenvalue weighted by atomic mass is 10.1. The molecule has 0 aliphatic carbocycles. The molecule has 24 heavy (non-hydrogen) atoms. The van der Waals surface area contributed by atoms with Crippen molar-refractivity contribution in [3.05, 3.63) is 59.2 Å². The van der Waals surface area contributed by atoms with Crippen molar-refractivity contribution >= 4 is 17.6 Å². The molecular formula is C19H21NO4. The lowest BCUT2D eigenvalue weighted by Crippen LogP contribution is -2.30. The minimum atomic E-state index is -0.928. The van der Waals surface area contributed by atoms with Gasteiger partial charge >= 0.3 is 5.97 Å². The van der Waals surface area contributed by atoms with Crippen LogP contribution in [-0.2, 0) is 9.53 Å². The Morgan fingerprint density at radius 1 is 1.08 bits per heavy atom. The van der Waals surface area contributed by atoms with Gasteiger partial charge in [0, 0.05) is 0 Å². The normalized spacial score (nSPS) is 11.5. The van der Waals surface area contributed by atoms with Crippen molar-refractivity contribution in [2.45, 2.75) is 26.9 Å². The van der Waals surface area contributed by atoms with Crippen LogP contribution in [-0.4, -0.2) is 25.1 Å². The van der Waals surface area contributed by atoms with Gasteiger partial charge < -0.3 is 14.8 Å². The summed E-state index contributed by atoms with van der Waals surface area (Å²) in [5, 5.41) is 2.70. The highest BCUT2D eigenvalue weighted by atomic mass is 16.5. The zero-order chi connectivity index (χ0) is 17.7. The topological polar surface area (TPSA) is 64.6 Å². The lowest BCUT2D eigenvalue weighted by Gasteiger charge is -2.16. The van der Waals surface area contributed by atoms with Crippen molar-refractivity contribution in [3.8, 4) is 5.75 Å². The Bertz CT molecular complexity index is 755. The SMILES string of the molecule is COc1ccccc1NC(=O)[C@H](C)OC(=O)c1ccc(C)cc1C. The number of amides is 1. The predicted molar refractivity (Wildman–Crippen MR) is 92.4 cm³/mol. The van der Waals surface area contributed by atoms with Gasteiger partial charge in [-0.3, -0.25) is 4.79 Å². The molecule has 0 bridgehead atoms. The van der Waals surface area contributed by atoms with Crippen molar-refractivity contribution in [1.29, 1.82) is 0 Å². The number of para-hydroxylation sites is 2. The first-order valence-electron chi connectivity index (χ1n) is 7.64. The molecule has 1 N–H and O–H groups in total. The summed E-state index contributed by atoms with van der Waals surface area (Å²) in [6.07, 6.45) is -0.928. The first kappa shape index (κ1) is 17.5. The molecule has 1 atom stereocenters. The van der Waals surface area contributed by atoms with Gasteiger partial charge in [-0.2, -0.15) is 0 Å². The van der Waals surface area contributed by atoms with E-state index in [-0.39, 0.29) is 0 Å². The Morgan fingerprint density at radius 3 is 2.46 bits per heavy atom. The minimum absolute atomic E-state index is 0.419. The van der Waals surface area contributed by atoms with Gasteiger partial charge in [-0.05, 0) is 44.5 Å². The minimum Gasteiger partial charge on any atom is -0.495 e. The van der Waals surface area contributed by atoms with Crippen molar-refractivity contribution in [2.75, 3.05) is 12.4 Å². The highest BCUT2D eigenvalue weighted by molar-refractivity contribution is 5.98. The number of rotatable bonds is 5. The molecule has 0 saturated heterocycles. The van der Waals surface area contributed by atoms with Crippen molar-refractivity contribution in [1.82, 2.24) is 0 Å². The van der Waals surface area contributed by atoms with E-state index in [0.29, 0.717) is 17.0 Å². The molecule has 0 radical (unpaired) electrons. The summed E-state index contributed by atoms with van der Waals surface area (Å²) in [5.74, 6) is -0.397. The van der Waals surface area contributed by atoms with E-state index < -0.39 is 18.0 Å². The Balaban J connectivity index is 2.04. The molecule has 0 aromatic heterocycles. The average molecular weight is 327 g/mol. The maximum atomic E-state index is 12.2. The van der Waals surface area contributed by atoms with Crippen molar-refractivity contribution in [3.63, 3.8) is 0 Å². The van der Waals surface area contributed by atoms with Gasteiger partial charge in [0.25, 0.3) is 5.91 Å². The van der Waals surface area contributed by atoms with E-state index in [0.717, 1.165) is 11.1 Å². The van der Waals surface area contributed by atoms with E-state index in [9.17, 15) is 9.59 Å². The molecule has 0 aliphatic heterocycles. The summed E-state index contributed by atoms with van der Waals surface area (Å²) in [4.78, 5) is 24.5. The number of aryl methyl sites for hydroxylation is 2. The summed E-state index contributed by atoms with van der Waals surface area (Å²) in [6.45, 7) is 5.32. The van der Waals surface area contributed by atoms with Crippen LogP contribution in [0.2, 0.25) is 0 Å². The Kier molecular flexibility index (Phi) is 5.58. The molecule has 5 nitrogen and oxygen atoms in total. The van der Waals surface area contributed by atoms with Crippen LogP contribution in [0.25, 0.3) is 0 Å². The van der Waals surface area contributed by atoms with Gasteiger partial charge in [0.15, 0.2) is 6.10 Å². The predicted octanol–water partition coefficient (Wildman–Crippen LogP) is 3.50. The van der Waals surface area contributed by atoms with Crippen LogP contribution >= 0.6 is 0 Å². The van der Waals surface area contributed by atoms with Crippen LogP contribution < -0.4 is 10.1 Å². The summed E-state index contributed by atoms with van der Waals surface area (Å²) >= 11 is 0. The molecule has 0 aliphatic rings. The largest absolute Gasteiger partial charge is 0.495 e. The smallest absolute Gasteiger partial charge is 0.339 e. The van der Waals surface area contributed by atoms with Gasteiger partial charge in [-0.1, -0.05) is 29.8 Å². The highest BCUT2D eigenvalue weighted by Gasteiger charge is 2.21. The molecular weight excluding hydrogens is 306 g/mol. The molecule has 0 unspecified atom stereocenters. The quantitative estimate of drug-likeness (QED) is 0.854. The molecule has 2 aromatic rings. The second-order valence-corrected chi connectivity index (χ2v) is 5.56. The average Bonchev–Trinajstić information content (AvgIpc) is 2.55. The molecule has 0 saturated carbocycles. The van der Waals surface area contributed by atoms with E-state index in [1.165, 1.54) is 14.0 Å². The molecule has 2 rings (SSSR count). The van der Waals surface area contributed by atoms with Crippen LogP contribution in [0.1, 0.15) is 28.4 Å². The number of methoxy groups -OCH3 is 1. The number of esters is 1. The Labute approximate surface area is 141 Å². The van der Waals surface area contributed by atoms with E-state index >= 15 is 0 Å². The van der Waals surface area contributed by atoms with Crippen LogP contribution in [0.15, 0.2) is 42.5 Å². The third-order valence-electron chi connectivity index (χ3n) is 3.62. The third kappa shape index (κ3) is 4.13. The monoisotopic (exact) mass is 327 g/mol. The standard InChI is InChI=1S/C19H21NO4/c1-12-9-10-15(13(2)11-12)19(22)24-14(3)18(21)20-16-7-5-6-8-17(16)23-4/h5-11,14H,1-4H3,(H,20,21)/t14-/m0/s1. The maximum Gasteiger partial charge on any atom is 0.339 e. The van der Waals surface area contributed by atoms with Crippen LogP contribution in [0.5, 0.6) is 5.75 Å². The fourth-order valence-electron chi connectivity index (χ4n) is 2.30. The van der Waals surface area contributed by atoms with E-state index in [1.54, 1.807) is 30.3 Å². The summed E-state index contributed by atoms with van der Waals surface area (Å²) in [7, 11) is 1.52. The van der Waals surface area contributed by atoms with Gasteiger partial charge in [-0.25, -0.2) is 4.79 Å². The van der Waals surface area contributed by atoms with Crippen LogP contribution in [0, 0.1) is 13.8 Å². The first-order valence-corrected chi connectivity index (χ1v) is 7.64. The number of benzene rings is 2. The van der Waals surface area contributed by atoms with Gasteiger partial charge in [0.05, 0.1) is 18.4 Å². The molecule has 126 valence electrons. The molecule has 1 amide bonds. The fourth-order valence-corrected chi connectivity index (χ4v) is 2.30. The van der Waals surface area contributed by atoms with E-state index in [4.69, 9.17) is 9.47 Å². The van der Waals surface area contributed by atoms with Crippen LogP contribution in [0.3, 0.4) is 0 Å². The van der Waals surface area contributed by atoms with Crippen molar-refractivity contribution < 1.29 is 19.1 Å². The zero-order valence-electron chi connectivity index (χ0n) is 14.3. The Morgan fingerprint density at radius 2 is 1.79 bits per heavy atom. The number of hydrogen-bond donors (Lipinski definition) is 1.